The van der Waals surface area contributed by atoms with Crippen LogP contribution in [0.15, 0.2) is 22.7 Å². The van der Waals surface area contributed by atoms with E-state index in [4.69, 9.17) is 9.84 Å². The van der Waals surface area contributed by atoms with Crippen LogP contribution in [0.5, 0.6) is 0 Å². The van der Waals surface area contributed by atoms with Gasteiger partial charge >= 0.3 is 5.97 Å². The highest BCUT2D eigenvalue weighted by Crippen LogP contribution is 2.18. The Morgan fingerprint density at radius 2 is 2.16 bits per heavy atom. The van der Waals surface area contributed by atoms with E-state index in [2.05, 4.69) is 15.9 Å². The van der Waals surface area contributed by atoms with Crippen molar-refractivity contribution in [1.29, 1.82) is 0 Å². The van der Waals surface area contributed by atoms with Crippen LogP contribution in [-0.2, 0) is 9.53 Å². The minimum Gasteiger partial charge on any atom is -0.480 e. The maximum Gasteiger partial charge on any atom is 0.328 e. The molecule has 0 bridgehead atoms. The molecule has 1 heterocycles. The number of hydrogen-bond donors (Lipinski definition) is 1. The smallest absolute Gasteiger partial charge is 0.328 e. The number of carbonyl (C=O) groups excluding carboxylic acids is 1. The van der Waals surface area contributed by atoms with Crippen LogP contribution in [-0.4, -0.2) is 47.7 Å². The van der Waals surface area contributed by atoms with E-state index in [-0.39, 0.29) is 25.3 Å². The molecule has 0 radical (unpaired) electrons. The summed E-state index contributed by atoms with van der Waals surface area (Å²) in [6.07, 6.45) is 0. The Kier molecular flexibility index (Phi) is 4.16. The van der Waals surface area contributed by atoms with Gasteiger partial charge in [0.15, 0.2) is 6.04 Å². The Hall–Kier alpha value is -1.47. The third-order valence-electron chi connectivity index (χ3n) is 2.78. The quantitative estimate of drug-likeness (QED) is 0.892. The van der Waals surface area contributed by atoms with E-state index in [1.54, 1.807) is 0 Å². The number of hydrogen-bond acceptors (Lipinski definition) is 3. The molecule has 0 spiro atoms. The molecule has 7 heteroatoms. The molecule has 1 aromatic carbocycles. The maximum atomic E-state index is 13.3. The van der Waals surface area contributed by atoms with Gasteiger partial charge in [-0.2, -0.15) is 0 Å². The molecule has 19 heavy (non-hydrogen) atoms. The highest BCUT2D eigenvalue weighted by molar-refractivity contribution is 9.10. The van der Waals surface area contributed by atoms with Crippen LogP contribution in [0, 0.1) is 5.82 Å². The van der Waals surface area contributed by atoms with Crippen molar-refractivity contribution in [2.75, 3.05) is 19.8 Å². The molecule has 2 rings (SSSR count). The van der Waals surface area contributed by atoms with Gasteiger partial charge in [0.05, 0.1) is 13.2 Å². The number of halogens is 2. The third-order valence-corrected chi connectivity index (χ3v) is 3.24. The van der Waals surface area contributed by atoms with Crippen molar-refractivity contribution >= 4 is 27.8 Å². The lowest BCUT2D eigenvalue weighted by Gasteiger charge is -2.32. The van der Waals surface area contributed by atoms with Crippen molar-refractivity contribution < 1.29 is 23.8 Å². The summed E-state index contributed by atoms with van der Waals surface area (Å²) in [5.41, 5.74) is 0.111. The minimum atomic E-state index is -1.14. The zero-order chi connectivity index (χ0) is 14.0. The summed E-state index contributed by atoms with van der Waals surface area (Å²) in [6.45, 7) is 0.382. The Morgan fingerprint density at radius 1 is 1.42 bits per heavy atom. The molecule has 102 valence electrons. The Labute approximate surface area is 117 Å². The molecule has 1 aliphatic heterocycles. The van der Waals surface area contributed by atoms with Crippen molar-refractivity contribution in [2.24, 2.45) is 0 Å². The number of aliphatic carboxylic acids is 1. The average Bonchev–Trinajstić information content (AvgIpc) is 2.36. The number of rotatable bonds is 2. The van der Waals surface area contributed by atoms with Crippen LogP contribution in [0.4, 0.5) is 4.39 Å². The maximum absolute atomic E-state index is 13.3. The molecular formula is C12H11BrFNO4. The molecule has 1 aliphatic rings. The molecule has 0 aromatic heterocycles. The second-order valence-electron chi connectivity index (χ2n) is 4.09. The molecule has 1 N–H and O–H groups in total. The lowest BCUT2D eigenvalue weighted by atomic mass is 10.1. The van der Waals surface area contributed by atoms with Gasteiger partial charge in [-0.15, -0.1) is 0 Å². The first kappa shape index (κ1) is 14.0. The van der Waals surface area contributed by atoms with Crippen LogP contribution < -0.4 is 0 Å². The van der Waals surface area contributed by atoms with Crippen LogP contribution in [0.2, 0.25) is 0 Å². The van der Waals surface area contributed by atoms with Gasteiger partial charge in [0.1, 0.15) is 5.82 Å². The second kappa shape index (κ2) is 5.66. The average molecular weight is 332 g/mol. The summed E-state index contributed by atoms with van der Waals surface area (Å²) in [4.78, 5) is 24.5. The van der Waals surface area contributed by atoms with E-state index in [0.717, 1.165) is 6.07 Å². The van der Waals surface area contributed by atoms with Crippen LogP contribution >= 0.6 is 15.9 Å². The van der Waals surface area contributed by atoms with Gasteiger partial charge in [-0.3, -0.25) is 4.79 Å². The molecule has 0 saturated carbocycles. The number of morpholine rings is 1. The molecule has 1 atom stereocenters. The first-order valence-electron chi connectivity index (χ1n) is 5.56. The zero-order valence-corrected chi connectivity index (χ0v) is 11.4. The standard InChI is InChI=1S/C12H11BrFNO4/c13-8-3-7(4-9(14)5-8)11(16)15-1-2-19-6-10(15)12(17)18/h3-5,10H,1-2,6H2,(H,17,18)/t10-/m1/s1. The van der Waals surface area contributed by atoms with Crippen molar-refractivity contribution in [1.82, 2.24) is 4.90 Å². The van der Waals surface area contributed by atoms with Gasteiger partial charge in [0.2, 0.25) is 0 Å². The lowest BCUT2D eigenvalue weighted by molar-refractivity contribution is -0.147. The van der Waals surface area contributed by atoms with Gasteiger partial charge in [0.25, 0.3) is 5.91 Å². The second-order valence-corrected chi connectivity index (χ2v) is 5.00. The van der Waals surface area contributed by atoms with Gasteiger partial charge in [-0.1, -0.05) is 15.9 Å². The number of ether oxygens (including phenoxy) is 1. The summed E-state index contributed by atoms with van der Waals surface area (Å²) < 4.78 is 18.7. The van der Waals surface area contributed by atoms with Crippen LogP contribution in [0.3, 0.4) is 0 Å². The summed E-state index contributed by atoms with van der Waals surface area (Å²) in [6, 6.07) is 2.73. The first-order chi connectivity index (χ1) is 8.99. The van der Waals surface area contributed by atoms with E-state index >= 15 is 0 Å². The summed E-state index contributed by atoms with van der Waals surface area (Å²) in [5, 5.41) is 9.06. The number of amides is 1. The van der Waals surface area contributed by atoms with Crippen molar-refractivity contribution in [3.63, 3.8) is 0 Å². The minimum absolute atomic E-state index is 0.0580. The fourth-order valence-electron chi connectivity index (χ4n) is 1.89. The molecule has 1 aromatic rings. The monoisotopic (exact) mass is 331 g/mol. The molecule has 1 fully saturated rings. The number of carboxylic acids is 1. The van der Waals surface area contributed by atoms with Crippen LogP contribution in [0.1, 0.15) is 10.4 Å². The van der Waals surface area contributed by atoms with E-state index in [1.165, 1.54) is 17.0 Å². The fourth-order valence-corrected chi connectivity index (χ4v) is 2.36. The molecule has 5 nitrogen and oxygen atoms in total. The van der Waals surface area contributed by atoms with Crippen molar-refractivity contribution in [3.05, 3.63) is 34.1 Å². The predicted molar refractivity (Wildman–Crippen MR) is 67.4 cm³/mol. The molecule has 0 unspecified atom stereocenters. The highest BCUT2D eigenvalue weighted by Gasteiger charge is 2.33. The third kappa shape index (κ3) is 3.10. The number of benzene rings is 1. The largest absolute Gasteiger partial charge is 0.480 e. The summed E-state index contributed by atoms with van der Waals surface area (Å²) >= 11 is 3.10. The Morgan fingerprint density at radius 3 is 2.79 bits per heavy atom. The van der Waals surface area contributed by atoms with E-state index < -0.39 is 23.7 Å². The van der Waals surface area contributed by atoms with Gasteiger partial charge in [0, 0.05) is 16.6 Å². The van der Waals surface area contributed by atoms with Crippen LogP contribution in [0.25, 0.3) is 0 Å². The number of carbonyl (C=O) groups is 2. The number of nitrogens with zero attached hydrogens (tertiary/aromatic N) is 1. The van der Waals surface area contributed by atoms with Crippen molar-refractivity contribution in [2.45, 2.75) is 6.04 Å². The summed E-state index contributed by atoms with van der Waals surface area (Å²) in [5.74, 6) is -2.21. The Balaban J connectivity index is 2.28. The molecule has 0 aliphatic carbocycles. The highest BCUT2D eigenvalue weighted by atomic mass is 79.9. The lowest BCUT2D eigenvalue weighted by Crippen LogP contribution is -2.52. The SMILES string of the molecule is O=C(O)[C@H]1COCCN1C(=O)c1cc(F)cc(Br)c1. The molecular weight excluding hydrogens is 321 g/mol. The molecule has 1 amide bonds. The zero-order valence-electron chi connectivity index (χ0n) is 9.81. The molecule has 1 saturated heterocycles. The number of carboxylic acid groups (broad SMARTS) is 1. The normalized spacial score (nSPS) is 19.3. The van der Waals surface area contributed by atoms with Gasteiger partial charge in [-0.25, -0.2) is 9.18 Å². The predicted octanol–water partition coefficient (Wildman–Crippen LogP) is 1.51. The fraction of sp³-hybridized carbons (Fsp3) is 0.333. The Bertz CT molecular complexity index is 502. The van der Waals surface area contributed by atoms with E-state index in [0.29, 0.717) is 4.47 Å². The van der Waals surface area contributed by atoms with Crippen molar-refractivity contribution in [3.8, 4) is 0 Å². The summed E-state index contributed by atoms with van der Waals surface area (Å²) in [7, 11) is 0. The van der Waals surface area contributed by atoms with E-state index in [1.807, 2.05) is 0 Å². The first-order valence-corrected chi connectivity index (χ1v) is 6.36. The topological polar surface area (TPSA) is 66.8 Å². The van der Waals surface area contributed by atoms with Gasteiger partial charge < -0.3 is 14.7 Å². The van der Waals surface area contributed by atoms with E-state index in [9.17, 15) is 14.0 Å². The van der Waals surface area contributed by atoms with Gasteiger partial charge in [-0.05, 0) is 18.2 Å².